The van der Waals surface area contributed by atoms with E-state index in [0.717, 1.165) is 44.5 Å². The van der Waals surface area contributed by atoms with E-state index in [2.05, 4.69) is 57.1 Å². The van der Waals surface area contributed by atoms with Crippen LogP contribution in [-0.4, -0.2) is 40.6 Å². The number of carbonyl (C=O) groups is 1. The number of fused-ring (bicyclic) bond motifs is 2. The molecule has 0 unspecified atom stereocenters. The fourth-order valence-corrected chi connectivity index (χ4v) is 3.76. The van der Waals surface area contributed by atoms with Gasteiger partial charge in [0.25, 0.3) is 5.91 Å². The molecule has 2 aromatic rings. The third-order valence-corrected chi connectivity index (χ3v) is 5.51. The number of benzene rings is 3. The molecular weight excluding hydrogens is 398 g/mol. The lowest BCUT2D eigenvalue weighted by atomic mass is 9.93. The Hall–Kier alpha value is -4.04. The van der Waals surface area contributed by atoms with E-state index in [4.69, 9.17) is 10.8 Å². The highest BCUT2D eigenvalue weighted by Gasteiger charge is 2.19. The van der Waals surface area contributed by atoms with Crippen molar-refractivity contribution in [2.75, 3.05) is 39.6 Å². The Labute approximate surface area is 188 Å². The van der Waals surface area contributed by atoms with Gasteiger partial charge in [0.05, 0.1) is 12.6 Å². The van der Waals surface area contributed by atoms with Crippen LogP contribution in [-0.2, 0) is 0 Å². The number of rotatable bonds is 4. The smallest absolute Gasteiger partial charge is 0.252 e. The Morgan fingerprint density at radius 1 is 1.06 bits per heavy atom. The molecule has 2 aromatic carbocycles. The molecule has 2 aliphatic rings. The van der Waals surface area contributed by atoms with Crippen LogP contribution >= 0.6 is 0 Å². The standard InChI is InChI=1S/C27H25N3O2/c1-6-15-28-27(31)19-9-7-18(8-10-19)26-22-13-11-20(29(2)3)16-24(22)32-25-17-21(30(4)5)12-14-23(25)26/h1,7-14,16-17H,15H2,2-5H3/p+1. The van der Waals surface area contributed by atoms with Gasteiger partial charge in [0.2, 0.25) is 5.36 Å². The highest BCUT2D eigenvalue weighted by atomic mass is 16.3. The van der Waals surface area contributed by atoms with Gasteiger partial charge in [-0.2, -0.15) is 0 Å². The Kier molecular flexibility index (Phi) is 5.70. The average Bonchev–Trinajstić information content (AvgIpc) is 2.80. The van der Waals surface area contributed by atoms with Gasteiger partial charge < -0.3 is 14.6 Å². The van der Waals surface area contributed by atoms with Crippen LogP contribution in [0.4, 0.5) is 5.69 Å². The summed E-state index contributed by atoms with van der Waals surface area (Å²) >= 11 is 0. The number of anilines is 1. The largest absolute Gasteiger partial charge is 0.456 e. The van der Waals surface area contributed by atoms with E-state index < -0.39 is 0 Å². The first-order valence-corrected chi connectivity index (χ1v) is 10.4. The molecule has 0 spiro atoms. The number of nitrogens with zero attached hydrogens (tertiary/aromatic N) is 2. The van der Waals surface area contributed by atoms with Gasteiger partial charge in [-0.15, -0.1) is 6.42 Å². The first kappa shape index (κ1) is 21.2. The maximum Gasteiger partial charge on any atom is 0.252 e. The number of hydrogen-bond acceptors (Lipinski definition) is 3. The molecule has 1 amide bonds. The van der Waals surface area contributed by atoms with E-state index in [9.17, 15) is 4.79 Å². The minimum Gasteiger partial charge on any atom is -0.456 e. The molecule has 0 saturated carbocycles. The van der Waals surface area contributed by atoms with Crippen molar-refractivity contribution in [3.63, 3.8) is 0 Å². The fourth-order valence-electron chi connectivity index (χ4n) is 3.76. The summed E-state index contributed by atoms with van der Waals surface area (Å²) in [6.07, 6.45) is 5.24. The molecule has 1 aliphatic heterocycles. The van der Waals surface area contributed by atoms with E-state index in [1.807, 2.05) is 52.5 Å². The minimum atomic E-state index is -0.182. The van der Waals surface area contributed by atoms with Gasteiger partial charge >= 0.3 is 0 Å². The second-order valence-corrected chi connectivity index (χ2v) is 8.09. The lowest BCUT2D eigenvalue weighted by Crippen LogP contribution is -2.23. The molecule has 0 fully saturated rings. The normalized spacial score (nSPS) is 10.7. The molecule has 0 aromatic heterocycles. The summed E-state index contributed by atoms with van der Waals surface area (Å²) in [6.45, 7) is 0.207. The Morgan fingerprint density at radius 3 is 2.47 bits per heavy atom. The molecule has 1 N–H and O–H groups in total. The first-order chi connectivity index (χ1) is 15.4. The molecule has 5 heteroatoms. The van der Waals surface area contributed by atoms with Crippen molar-refractivity contribution in [3.8, 4) is 34.8 Å². The van der Waals surface area contributed by atoms with Crippen molar-refractivity contribution in [1.82, 2.24) is 9.89 Å². The molecule has 160 valence electrons. The number of amides is 1. The molecule has 0 bridgehead atoms. The molecule has 1 heterocycles. The van der Waals surface area contributed by atoms with Crippen molar-refractivity contribution >= 4 is 22.6 Å². The predicted octanol–water partition coefficient (Wildman–Crippen LogP) is 3.67. The van der Waals surface area contributed by atoms with Crippen LogP contribution < -0.4 is 20.1 Å². The summed E-state index contributed by atoms with van der Waals surface area (Å²) in [5, 5.41) is 4.79. The lowest BCUT2D eigenvalue weighted by molar-refractivity contribution is 0.0958. The third kappa shape index (κ3) is 3.95. The summed E-state index contributed by atoms with van der Waals surface area (Å²) in [5.41, 5.74) is 5.56. The Bertz CT molecular complexity index is 1390. The van der Waals surface area contributed by atoms with E-state index in [0.29, 0.717) is 5.56 Å². The number of nitrogens with one attached hydrogen (secondary N) is 1. The summed E-state index contributed by atoms with van der Waals surface area (Å²) in [4.78, 5) is 14.3. The van der Waals surface area contributed by atoms with Crippen LogP contribution in [0.3, 0.4) is 0 Å². The molecule has 0 radical (unpaired) electrons. The molecule has 32 heavy (non-hydrogen) atoms. The maximum absolute atomic E-state index is 12.2. The summed E-state index contributed by atoms with van der Waals surface area (Å²) in [6, 6.07) is 20.1. The highest BCUT2D eigenvalue weighted by molar-refractivity contribution is 6.03. The van der Waals surface area contributed by atoms with Crippen LogP contribution in [0.5, 0.6) is 0 Å². The average molecular weight is 425 g/mol. The van der Waals surface area contributed by atoms with Gasteiger partial charge in [0.1, 0.15) is 25.4 Å². The van der Waals surface area contributed by atoms with Gasteiger partial charge in [-0.1, -0.05) is 18.1 Å². The van der Waals surface area contributed by atoms with E-state index in [1.54, 1.807) is 0 Å². The van der Waals surface area contributed by atoms with Gasteiger partial charge in [-0.05, 0) is 35.9 Å². The molecule has 0 atom stereocenters. The first-order valence-electron chi connectivity index (χ1n) is 10.4. The van der Waals surface area contributed by atoms with Crippen molar-refractivity contribution < 1.29 is 9.21 Å². The van der Waals surface area contributed by atoms with Crippen molar-refractivity contribution in [3.05, 3.63) is 71.6 Å². The van der Waals surface area contributed by atoms with Crippen LogP contribution in [0.1, 0.15) is 10.4 Å². The highest BCUT2D eigenvalue weighted by Crippen LogP contribution is 2.40. The van der Waals surface area contributed by atoms with Crippen LogP contribution in [0.25, 0.3) is 33.4 Å². The summed E-state index contributed by atoms with van der Waals surface area (Å²) < 4.78 is 8.41. The van der Waals surface area contributed by atoms with E-state index in [1.165, 1.54) is 0 Å². The fraction of sp³-hybridized carbons (Fsp3) is 0.185. The van der Waals surface area contributed by atoms with Crippen molar-refractivity contribution in [1.29, 1.82) is 0 Å². The second-order valence-electron chi connectivity index (χ2n) is 8.09. The van der Waals surface area contributed by atoms with Crippen molar-refractivity contribution in [2.45, 2.75) is 0 Å². The number of terminal acetylenes is 1. The van der Waals surface area contributed by atoms with Crippen LogP contribution in [0.2, 0.25) is 0 Å². The quantitative estimate of drug-likeness (QED) is 0.309. The van der Waals surface area contributed by atoms with Crippen LogP contribution in [0, 0.1) is 12.3 Å². The predicted molar refractivity (Wildman–Crippen MR) is 131 cm³/mol. The summed E-state index contributed by atoms with van der Waals surface area (Å²) in [7, 11) is 8.04. The van der Waals surface area contributed by atoms with Gasteiger partial charge in [0, 0.05) is 54.0 Å². The van der Waals surface area contributed by atoms with E-state index in [-0.39, 0.29) is 12.5 Å². The Balaban J connectivity index is 1.95. The zero-order valence-electron chi connectivity index (χ0n) is 18.8. The van der Waals surface area contributed by atoms with Crippen molar-refractivity contribution in [2.24, 2.45) is 0 Å². The Morgan fingerprint density at radius 2 is 1.81 bits per heavy atom. The summed E-state index contributed by atoms with van der Waals surface area (Å²) in [5.74, 6) is 3.05. The molecular formula is C27H26N3O2+. The lowest BCUT2D eigenvalue weighted by Gasteiger charge is -2.18. The van der Waals surface area contributed by atoms with Crippen LogP contribution in [0.15, 0.2) is 65.1 Å². The minimum absolute atomic E-state index is 0.182. The molecule has 4 rings (SSSR count). The monoisotopic (exact) mass is 424 g/mol. The zero-order valence-corrected chi connectivity index (χ0v) is 18.8. The maximum atomic E-state index is 12.2. The van der Waals surface area contributed by atoms with E-state index >= 15 is 0 Å². The third-order valence-electron chi connectivity index (χ3n) is 5.51. The number of carbonyl (C=O) groups excluding carboxylic acids is 1. The second kappa shape index (κ2) is 8.60. The topological polar surface area (TPSA) is 48.5 Å². The van der Waals surface area contributed by atoms with Gasteiger partial charge in [0.15, 0.2) is 0 Å². The molecule has 0 saturated heterocycles. The zero-order chi connectivity index (χ0) is 22.8. The molecule has 5 nitrogen and oxygen atoms in total. The molecule has 1 aliphatic carbocycles. The SMILES string of the molecule is C#CCNC(=O)c1ccc(-c2c3ccc(=[N+](C)C)cc-3oc3cc(N(C)C)ccc23)cc1. The van der Waals surface area contributed by atoms with Gasteiger partial charge in [-0.3, -0.25) is 4.79 Å². The number of hydrogen-bond donors (Lipinski definition) is 1. The van der Waals surface area contributed by atoms with Gasteiger partial charge in [-0.25, -0.2) is 4.58 Å².